The number of amides is 1. The SMILES string of the molecule is CN(CCCN1CC(C#N)CC1=O)c1ccccc1. The normalized spacial score (nSPS) is 18.4. The molecular weight excluding hydrogens is 238 g/mol. The number of carbonyl (C=O) groups excluding carboxylic acids is 1. The third kappa shape index (κ3) is 3.47. The van der Waals surface area contributed by atoms with Crippen molar-refractivity contribution in [3.8, 4) is 6.07 Å². The number of nitriles is 1. The van der Waals surface area contributed by atoms with E-state index in [2.05, 4.69) is 30.1 Å². The monoisotopic (exact) mass is 257 g/mol. The van der Waals surface area contributed by atoms with Crippen LogP contribution in [0.4, 0.5) is 5.69 Å². The molecule has 0 aromatic heterocycles. The Bertz CT molecular complexity index is 466. The van der Waals surface area contributed by atoms with E-state index in [-0.39, 0.29) is 11.8 Å². The lowest BCUT2D eigenvalue weighted by atomic mass is 10.1. The number of anilines is 1. The summed E-state index contributed by atoms with van der Waals surface area (Å²) in [6.45, 7) is 2.25. The third-order valence-electron chi connectivity index (χ3n) is 3.52. The first-order valence-corrected chi connectivity index (χ1v) is 6.64. The molecule has 1 aromatic carbocycles. The molecule has 100 valence electrons. The van der Waals surface area contributed by atoms with Crippen molar-refractivity contribution in [3.63, 3.8) is 0 Å². The Hall–Kier alpha value is -2.02. The van der Waals surface area contributed by atoms with E-state index in [4.69, 9.17) is 5.26 Å². The smallest absolute Gasteiger partial charge is 0.224 e. The molecular formula is C15H19N3O. The van der Waals surface area contributed by atoms with Crippen molar-refractivity contribution in [1.82, 2.24) is 4.90 Å². The van der Waals surface area contributed by atoms with Crippen LogP contribution in [0.5, 0.6) is 0 Å². The fourth-order valence-electron chi connectivity index (χ4n) is 2.39. The summed E-state index contributed by atoms with van der Waals surface area (Å²) in [5.74, 6) is 0.00765. The van der Waals surface area contributed by atoms with Crippen molar-refractivity contribution < 1.29 is 4.79 Å². The van der Waals surface area contributed by atoms with Gasteiger partial charge in [0.25, 0.3) is 0 Å². The number of rotatable bonds is 5. The first kappa shape index (κ1) is 13.4. The van der Waals surface area contributed by atoms with Gasteiger partial charge in [0, 0.05) is 38.8 Å². The molecule has 0 radical (unpaired) electrons. The van der Waals surface area contributed by atoms with Crippen LogP contribution in [-0.2, 0) is 4.79 Å². The van der Waals surface area contributed by atoms with Crippen molar-refractivity contribution >= 4 is 11.6 Å². The number of hydrogen-bond acceptors (Lipinski definition) is 3. The summed E-state index contributed by atoms with van der Waals surface area (Å²) in [7, 11) is 2.05. The highest BCUT2D eigenvalue weighted by atomic mass is 16.2. The minimum Gasteiger partial charge on any atom is -0.375 e. The second-order valence-corrected chi connectivity index (χ2v) is 4.98. The summed E-state index contributed by atoms with van der Waals surface area (Å²) in [6.07, 6.45) is 1.32. The number of likely N-dealkylation sites (tertiary alicyclic amines) is 1. The summed E-state index contributed by atoms with van der Waals surface area (Å²) in [4.78, 5) is 15.6. The second-order valence-electron chi connectivity index (χ2n) is 4.98. The van der Waals surface area contributed by atoms with Crippen LogP contribution >= 0.6 is 0 Å². The first-order chi connectivity index (χ1) is 9.20. The summed E-state index contributed by atoms with van der Waals surface area (Å²) in [5, 5.41) is 8.83. The van der Waals surface area contributed by atoms with Gasteiger partial charge in [0.15, 0.2) is 0 Å². The highest BCUT2D eigenvalue weighted by Crippen LogP contribution is 2.17. The van der Waals surface area contributed by atoms with Crippen LogP contribution in [0.1, 0.15) is 12.8 Å². The van der Waals surface area contributed by atoms with Gasteiger partial charge in [-0.25, -0.2) is 0 Å². The van der Waals surface area contributed by atoms with Crippen molar-refractivity contribution in [3.05, 3.63) is 30.3 Å². The van der Waals surface area contributed by atoms with Crippen molar-refractivity contribution in [2.75, 3.05) is 31.6 Å². The lowest BCUT2D eigenvalue weighted by Crippen LogP contribution is -2.29. The summed E-state index contributed by atoms with van der Waals surface area (Å²) in [5.41, 5.74) is 1.19. The molecule has 0 saturated carbocycles. The van der Waals surface area contributed by atoms with Crippen LogP contribution in [0, 0.1) is 17.2 Å². The molecule has 19 heavy (non-hydrogen) atoms. The third-order valence-corrected chi connectivity index (χ3v) is 3.52. The van der Waals surface area contributed by atoms with E-state index in [0.717, 1.165) is 19.5 Å². The predicted molar refractivity (Wildman–Crippen MR) is 74.6 cm³/mol. The van der Waals surface area contributed by atoms with Gasteiger partial charge in [0.2, 0.25) is 5.91 Å². The molecule has 1 aromatic rings. The van der Waals surface area contributed by atoms with E-state index in [9.17, 15) is 4.79 Å². The van der Waals surface area contributed by atoms with Gasteiger partial charge in [0.05, 0.1) is 12.0 Å². The zero-order chi connectivity index (χ0) is 13.7. The fraction of sp³-hybridized carbons (Fsp3) is 0.467. The Morgan fingerprint density at radius 1 is 1.42 bits per heavy atom. The Kier molecular flexibility index (Phi) is 4.40. The number of hydrogen-bond donors (Lipinski definition) is 0. The van der Waals surface area contributed by atoms with Gasteiger partial charge in [0.1, 0.15) is 0 Å². The Balaban J connectivity index is 1.75. The largest absolute Gasteiger partial charge is 0.375 e. The van der Waals surface area contributed by atoms with E-state index in [1.807, 2.05) is 23.1 Å². The van der Waals surface area contributed by atoms with Gasteiger partial charge >= 0.3 is 0 Å². The van der Waals surface area contributed by atoms with E-state index < -0.39 is 0 Å². The number of nitrogens with zero attached hydrogens (tertiary/aromatic N) is 3. The molecule has 1 aliphatic heterocycles. The van der Waals surface area contributed by atoms with Crippen molar-refractivity contribution in [2.24, 2.45) is 5.92 Å². The average molecular weight is 257 g/mol. The maximum Gasteiger partial charge on any atom is 0.224 e. The lowest BCUT2D eigenvalue weighted by molar-refractivity contribution is -0.127. The zero-order valence-corrected chi connectivity index (χ0v) is 11.2. The molecule has 1 unspecified atom stereocenters. The molecule has 1 saturated heterocycles. The standard InChI is InChI=1S/C15H19N3O/c1-17(14-6-3-2-4-7-14)8-5-9-18-12-13(11-16)10-15(18)19/h2-4,6-7,13H,5,8-10,12H2,1H3. The Morgan fingerprint density at radius 3 is 2.79 bits per heavy atom. The van der Waals surface area contributed by atoms with Gasteiger partial charge in [-0.3, -0.25) is 4.79 Å². The number of benzene rings is 1. The lowest BCUT2D eigenvalue weighted by Gasteiger charge is -2.21. The Morgan fingerprint density at radius 2 is 2.16 bits per heavy atom. The molecule has 0 aliphatic carbocycles. The molecule has 0 N–H and O–H groups in total. The molecule has 1 amide bonds. The van der Waals surface area contributed by atoms with E-state index in [0.29, 0.717) is 13.0 Å². The van der Waals surface area contributed by atoms with Gasteiger partial charge in [-0.1, -0.05) is 18.2 Å². The maximum absolute atomic E-state index is 11.7. The highest BCUT2D eigenvalue weighted by molar-refractivity contribution is 5.79. The van der Waals surface area contributed by atoms with Gasteiger partial charge in [-0.15, -0.1) is 0 Å². The topological polar surface area (TPSA) is 47.3 Å². The molecule has 4 nitrogen and oxygen atoms in total. The minimum atomic E-state index is -0.112. The fourth-order valence-corrected chi connectivity index (χ4v) is 2.39. The molecule has 0 spiro atoms. The van der Waals surface area contributed by atoms with Crippen molar-refractivity contribution in [2.45, 2.75) is 12.8 Å². The first-order valence-electron chi connectivity index (χ1n) is 6.64. The van der Waals surface area contributed by atoms with E-state index in [1.54, 1.807) is 0 Å². The van der Waals surface area contributed by atoms with Crippen LogP contribution in [0.2, 0.25) is 0 Å². The molecule has 4 heteroatoms. The van der Waals surface area contributed by atoms with Crippen LogP contribution in [0.15, 0.2) is 30.3 Å². The van der Waals surface area contributed by atoms with Crippen LogP contribution in [0.3, 0.4) is 0 Å². The predicted octanol–water partition coefficient (Wildman–Crippen LogP) is 1.88. The molecule has 0 bridgehead atoms. The number of carbonyl (C=O) groups is 1. The van der Waals surface area contributed by atoms with E-state index in [1.165, 1.54) is 5.69 Å². The molecule has 1 atom stereocenters. The summed E-state index contributed by atoms with van der Waals surface area (Å²) < 4.78 is 0. The van der Waals surface area contributed by atoms with Crippen LogP contribution < -0.4 is 4.90 Å². The van der Waals surface area contributed by atoms with Crippen molar-refractivity contribution in [1.29, 1.82) is 5.26 Å². The quantitative estimate of drug-likeness (QED) is 0.809. The summed E-state index contributed by atoms with van der Waals surface area (Å²) >= 11 is 0. The molecule has 1 heterocycles. The van der Waals surface area contributed by atoms with Gasteiger partial charge < -0.3 is 9.80 Å². The van der Waals surface area contributed by atoms with Gasteiger partial charge in [-0.05, 0) is 18.6 Å². The highest BCUT2D eigenvalue weighted by Gasteiger charge is 2.28. The molecule has 1 fully saturated rings. The van der Waals surface area contributed by atoms with Crippen LogP contribution in [-0.4, -0.2) is 37.5 Å². The molecule has 1 aliphatic rings. The second kappa shape index (κ2) is 6.24. The summed E-state index contributed by atoms with van der Waals surface area (Å²) in [6, 6.07) is 12.4. The zero-order valence-electron chi connectivity index (χ0n) is 11.2. The van der Waals surface area contributed by atoms with Crippen LogP contribution in [0.25, 0.3) is 0 Å². The Labute approximate surface area is 114 Å². The maximum atomic E-state index is 11.7. The average Bonchev–Trinajstić information content (AvgIpc) is 2.80. The number of para-hydroxylation sites is 1. The van der Waals surface area contributed by atoms with Gasteiger partial charge in [-0.2, -0.15) is 5.26 Å². The molecule has 2 rings (SSSR count). The van der Waals surface area contributed by atoms with E-state index >= 15 is 0 Å². The minimum absolute atomic E-state index is 0.112.